The molecule has 0 radical (unpaired) electrons. The van der Waals surface area contributed by atoms with Gasteiger partial charge in [0.25, 0.3) is 0 Å². The minimum atomic E-state index is -0.588. The van der Waals surface area contributed by atoms with Crippen molar-refractivity contribution in [3.63, 3.8) is 0 Å². The molecule has 26 heavy (non-hydrogen) atoms. The first kappa shape index (κ1) is 16.6. The number of hydrogen-bond donors (Lipinski definition) is 2. The third kappa shape index (κ3) is 2.45. The van der Waals surface area contributed by atoms with E-state index < -0.39 is 5.41 Å². The van der Waals surface area contributed by atoms with Crippen LogP contribution in [-0.2, 0) is 14.9 Å². The van der Waals surface area contributed by atoms with Gasteiger partial charge in [0.1, 0.15) is 11.6 Å². The summed E-state index contributed by atoms with van der Waals surface area (Å²) in [4.78, 5) is 22.6. The molecule has 0 saturated heterocycles. The second kappa shape index (κ2) is 5.85. The summed E-state index contributed by atoms with van der Waals surface area (Å²) < 4.78 is 5.16. The number of aromatic nitrogens is 2. The van der Waals surface area contributed by atoms with Crippen LogP contribution in [0.25, 0.3) is 22.4 Å². The molecule has 1 aliphatic heterocycles. The molecule has 1 amide bonds. The molecule has 6 nitrogen and oxygen atoms in total. The average Bonchev–Trinajstić information content (AvgIpc) is 3.11. The molecule has 0 fully saturated rings. The van der Waals surface area contributed by atoms with Crippen LogP contribution in [-0.4, -0.2) is 41.2 Å². The van der Waals surface area contributed by atoms with Gasteiger partial charge in [-0.25, -0.2) is 4.98 Å². The van der Waals surface area contributed by atoms with E-state index in [1.807, 2.05) is 38.1 Å². The maximum atomic E-state index is 12.8. The lowest BCUT2D eigenvalue weighted by Crippen LogP contribution is -2.37. The van der Waals surface area contributed by atoms with Crippen LogP contribution in [0.2, 0.25) is 0 Å². The second-order valence-corrected chi connectivity index (χ2v) is 7.09. The number of rotatable bonds is 4. The molecule has 3 aromatic rings. The van der Waals surface area contributed by atoms with Gasteiger partial charge in [-0.2, -0.15) is 0 Å². The highest BCUT2D eigenvalue weighted by Gasteiger charge is 2.44. The molecule has 1 aromatic heterocycles. The quantitative estimate of drug-likeness (QED) is 0.756. The van der Waals surface area contributed by atoms with Crippen molar-refractivity contribution in [2.75, 3.05) is 25.2 Å². The van der Waals surface area contributed by atoms with Crippen molar-refractivity contribution >= 4 is 22.6 Å². The highest BCUT2D eigenvalue weighted by molar-refractivity contribution is 6.09. The average molecular weight is 351 g/mol. The maximum absolute atomic E-state index is 12.8. The number of anilines is 1. The predicted octanol–water partition coefficient (Wildman–Crippen LogP) is 3.21. The third-order valence-electron chi connectivity index (χ3n) is 5.00. The summed E-state index contributed by atoms with van der Waals surface area (Å²) in [5.74, 6) is 1.03. The molecule has 2 heterocycles. The van der Waals surface area contributed by atoms with Gasteiger partial charge in [-0.1, -0.05) is 0 Å². The van der Waals surface area contributed by atoms with Crippen LogP contribution in [0.3, 0.4) is 0 Å². The second-order valence-electron chi connectivity index (χ2n) is 7.09. The fourth-order valence-electron chi connectivity index (χ4n) is 3.49. The molecule has 0 unspecified atom stereocenters. The number of phenols is 1. The minimum Gasteiger partial charge on any atom is -0.508 e. The maximum Gasteiger partial charge on any atom is 0.237 e. The number of benzene rings is 2. The van der Waals surface area contributed by atoms with E-state index in [2.05, 4.69) is 9.97 Å². The molecule has 1 aliphatic rings. The molecule has 0 spiro atoms. The van der Waals surface area contributed by atoms with Crippen LogP contribution < -0.4 is 4.90 Å². The van der Waals surface area contributed by atoms with E-state index in [-0.39, 0.29) is 11.7 Å². The Morgan fingerprint density at radius 2 is 1.96 bits per heavy atom. The van der Waals surface area contributed by atoms with Crippen molar-refractivity contribution in [1.82, 2.24) is 9.97 Å². The zero-order valence-electron chi connectivity index (χ0n) is 15.0. The number of aromatic amines is 1. The first-order chi connectivity index (χ1) is 12.4. The van der Waals surface area contributed by atoms with Gasteiger partial charge >= 0.3 is 0 Å². The summed E-state index contributed by atoms with van der Waals surface area (Å²) in [5, 5.41) is 9.46. The molecule has 2 aromatic carbocycles. The van der Waals surface area contributed by atoms with Crippen molar-refractivity contribution < 1.29 is 14.6 Å². The number of H-pyrrole nitrogens is 1. The van der Waals surface area contributed by atoms with Crippen molar-refractivity contribution in [2.24, 2.45) is 0 Å². The number of amides is 1. The molecule has 0 saturated carbocycles. The normalized spacial score (nSPS) is 15.7. The van der Waals surface area contributed by atoms with E-state index in [1.165, 1.54) is 0 Å². The Hall–Kier alpha value is -2.86. The van der Waals surface area contributed by atoms with E-state index in [0.717, 1.165) is 33.7 Å². The van der Waals surface area contributed by atoms with Gasteiger partial charge in [0.2, 0.25) is 5.91 Å². The number of phenolic OH excluding ortho intramolecular Hbond substituents is 1. The zero-order chi connectivity index (χ0) is 18.5. The molecule has 0 aliphatic carbocycles. The number of nitrogens with zero attached hydrogens (tertiary/aromatic N) is 2. The summed E-state index contributed by atoms with van der Waals surface area (Å²) in [6, 6.07) is 10.9. The summed E-state index contributed by atoms with van der Waals surface area (Å²) in [6.07, 6.45) is 0. The Bertz CT molecular complexity index is 989. The van der Waals surface area contributed by atoms with Gasteiger partial charge in [-0.15, -0.1) is 0 Å². The number of hydrogen-bond acceptors (Lipinski definition) is 4. The Morgan fingerprint density at radius 3 is 2.65 bits per heavy atom. The number of carbonyl (C=O) groups is 1. The van der Waals surface area contributed by atoms with Crippen molar-refractivity contribution in [3.8, 4) is 17.1 Å². The highest BCUT2D eigenvalue weighted by Crippen LogP contribution is 2.43. The Kier molecular flexibility index (Phi) is 3.73. The Balaban J connectivity index is 1.82. The van der Waals surface area contributed by atoms with Crippen molar-refractivity contribution in [3.05, 3.63) is 42.0 Å². The molecule has 2 N–H and O–H groups in total. The van der Waals surface area contributed by atoms with Gasteiger partial charge in [0.05, 0.1) is 28.7 Å². The van der Waals surface area contributed by atoms with Gasteiger partial charge in [0, 0.05) is 19.2 Å². The number of methoxy groups -OCH3 is 1. The number of fused-ring (bicyclic) bond motifs is 2. The van der Waals surface area contributed by atoms with E-state index in [4.69, 9.17) is 4.74 Å². The molecule has 134 valence electrons. The van der Waals surface area contributed by atoms with Gasteiger partial charge in [0.15, 0.2) is 0 Å². The topological polar surface area (TPSA) is 78.4 Å². The van der Waals surface area contributed by atoms with Crippen LogP contribution in [0, 0.1) is 0 Å². The lowest BCUT2D eigenvalue weighted by atomic mass is 9.86. The van der Waals surface area contributed by atoms with Crippen molar-refractivity contribution in [2.45, 2.75) is 19.3 Å². The fraction of sp³-hybridized carbons (Fsp3) is 0.300. The molecule has 4 rings (SSSR count). The highest BCUT2D eigenvalue weighted by atomic mass is 16.5. The summed E-state index contributed by atoms with van der Waals surface area (Å²) in [7, 11) is 1.63. The Morgan fingerprint density at radius 1 is 1.23 bits per heavy atom. The van der Waals surface area contributed by atoms with Crippen LogP contribution in [0.1, 0.15) is 19.4 Å². The summed E-state index contributed by atoms with van der Waals surface area (Å²) >= 11 is 0. The number of ether oxygens (including phenoxy) is 1. The monoisotopic (exact) mass is 351 g/mol. The first-order valence-corrected chi connectivity index (χ1v) is 8.56. The third-order valence-corrected chi connectivity index (χ3v) is 5.00. The van der Waals surface area contributed by atoms with E-state index >= 15 is 0 Å². The minimum absolute atomic E-state index is 0.0796. The largest absolute Gasteiger partial charge is 0.508 e. The van der Waals surface area contributed by atoms with Crippen LogP contribution in [0.5, 0.6) is 5.75 Å². The smallest absolute Gasteiger partial charge is 0.237 e. The van der Waals surface area contributed by atoms with Crippen LogP contribution in [0.4, 0.5) is 5.69 Å². The van der Waals surface area contributed by atoms with E-state index in [9.17, 15) is 9.90 Å². The number of imidazole rings is 1. The van der Waals surface area contributed by atoms with Gasteiger partial charge in [-0.3, -0.25) is 4.79 Å². The van der Waals surface area contributed by atoms with E-state index in [0.29, 0.717) is 13.2 Å². The van der Waals surface area contributed by atoms with Crippen molar-refractivity contribution in [1.29, 1.82) is 0 Å². The lowest BCUT2D eigenvalue weighted by molar-refractivity contribution is -0.122. The van der Waals surface area contributed by atoms with E-state index in [1.54, 1.807) is 24.1 Å². The first-order valence-electron chi connectivity index (χ1n) is 8.56. The molecule has 0 atom stereocenters. The number of aromatic hydroxyl groups is 1. The van der Waals surface area contributed by atoms with Gasteiger partial charge < -0.3 is 19.7 Å². The Labute approximate surface area is 151 Å². The van der Waals surface area contributed by atoms with Gasteiger partial charge in [-0.05, 0) is 55.8 Å². The molecule has 0 bridgehead atoms. The number of carbonyl (C=O) groups excluding carboxylic acids is 1. The fourth-order valence-corrected chi connectivity index (χ4v) is 3.49. The summed E-state index contributed by atoms with van der Waals surface area (Å²) in [5.41, 5.74) is 3.89. The predicted molar refractivity (Wildman–Crippen MR) is 100 cm³/mol. The number of nitrogens with one attached hydrogen (secondary N) is 1. The lowest BCUT2D eigenvalue weighted by Gasteiger charge is -2.19. The van der Waals surface area contributed by atoms with Crippen LogP contribution in [0.15, 0.2) is 36.4 Å². The van der Waals surface area contributed by atoms with Crippen LogP contribution >= 0.6 is 0 Å². The SMILES string of the molecule is COCCN1C(=O)C(C)(C)c2cc3nc(-c4ccc(O)cc4)[nH]c3cc21. The zero-order valence-corrected chi connectivity index (χ0v) is 15.0. The standard InChI is InChI=1S/C20H21N3O3/c1-20(2)14-10-15-16(11-17(14)23(19(20)25)8-9-26-3)22-18(21-15)12-4-6-13(24)7-5-12/h4-7,10-11,24H,8-9H2,1-3H3,(H,21,22). The summed E-state index contributed by atoms with van der Waals surface area (Å²) in [6.45, 7) is 4.90. The molecular formula is C20H21N3O3. The molecule has 6 heteroatoms. The molecular weight excluding hydrogens is 330 g/mol.